The van der Waals surface area contributed by atoms with Crippen LogP contribution in [0.3, 0.4) is 0 Å². The molecular formula is C19H32ClIN4O3. The molecule has 0 aliphatic heterocycles. The Balaban J connectivity index is 0.00000729. The molecule has 1 aromatic rings. The third-order valence-corrected chi connectivity index (χ3v) is 3.75. The van der Waals surface area contributed by atoms with Gasteiger partial charge in [-0.3, -0.25) is 9.79 Å². The average molecular weight is 527 g/mol. The molecule has 28 heavy (non-hydrogen) atoms. The van der Waals surface area contributed by atoms with Gasteiger partial charge < -0.3 is 25.4 Å². The molecule has 0 fully saturated rings. The summed E-state index contributed by atoms with van der Waals surface area (Å²) in [5, 5.41) is 9.94. The van der Waals surface area contributed by atoms with Crippen LogP contribution in [0.4, 0.5) is 5.69 Å². The number of hydrogen-bond donors (Lipinski definition) is 3. The van der Waals surface area contributed by atoms with Gasteiger partial charge in [0.15, 0.2) is 5.96 Å². The fourth-order valence-electron chi connectivity index (χ4n) is 2.15. The number of carbonyl (C=O) groups is 1. The predicted molar refractivity (Wildman–Crippen MR) is 126 cm³/mol. The van der Waals surface area contributed by atoms with E-state index >= 15 is 0 Å². The molecule has 0 bridgehead atoms. The quantitative estimate of drug-likeness (QED) is 0.159. The summed E-state index contributed by atoms with van der Waals surface area (Å²) in [6.07, 6.45) is 1.98. The van der Waals surface area contributed by atoms with E-state index in [0.717, 1.165) is 31.2 Å². The van der Waals surface area contributed by atoms with Crippen molar-refractivity contribution in [2.24, 2.45) is 4.99 Å². The Morgan fingerprint density at radius 1 is 1.11 bits per heavy atom. The first-order valence-corrected chi connectivity index (χ1v) is 9.67. The van der Waals surface area contributed by atoms with E-state index in [1.54, 1.807) is 31.4 Å². The normalized spacial score (nSPS) is 10.9. The van der Waals surface area contributed by atoms with Gasteiger partial charge in [-0.25, -0.2) is 0 Å². The Hall–Kier alpha value is -1.10. The highest BCUT2D eigenvalue weighted by Crippen LogP contribution is 2.13. The largest absolute Gasteiger partial charge is 0.382 e. The molecule has 0 aliphatic carbocycles. The van der Waals surface area contributed by atoms with Crippen molar-refractivity contribution < 1.29 is 14.3 Å². The van der Waals surface area contributed by atoms with Crippen LogP contribution in [0.25, 0.3) is 0 Å². The van der Waals surface area contributed by atoms with Crippen LogP contribution in [-0.4, -0.2) is 58.4 Å². The molecule has 0 aliphatic rings. The van der Waals surface area contributed by atoms with Gasteiger partial charge in [0.2, 0.25) is 5.91 Å². The van der Waals surface area contributed by atoms with Crippen molar-refractivity contribution in [3.05, 3.63) is 29.3 Å². The third-order valence-electron chi connectivity index (χ3n) is 3.49. The lowest BCUT2D eigenvalue weighted by Crippen LogP contribution is -2.38. The van der Waals surface area contributed by atoms with Gasteiger partial charge in [0.05, 0.1) is 13.2 Å². The van der Waals surface area contributed by atoms with Crippen LogP contribution in [-0.2, 0) is 14.3 Å². The summed E-state index contributed by atoms with van der Waals surface area (Å²) in [5.41, 5.74) is 0.746. The predicted octanol–water partition coefficient (Wildman–Crippen LogP) is 3.28. The molecule has 0 heterocycles. The monoisotopic (exact) mass is 526 g/mol. The topological polar surface area (TPSA) is 84.0 Å². The molecule has 9 heteroatoms. The minimum Gasteiger partial charge on any atom is -0.382 e. The van der Waals surface area contributed by atoms with E-state index in [9.17, 15) is 4.79 Å². The van der Waals surface area contributed by atoms with Gasteiger partial charge >= 0.3 is 0 Å². The summed E-state index contributed by atoms with van der Waals surface area (Å²) in [6.45, 7) is 6.06. The molecule has 7 nitrogen and oxygen atoms in total. The molecule has 0 radical (unpaired) electrons. The van der Waals surface area contributed by atoms with Gasteiger partial charge in [-0.15, -0.1) is 24.0 Å². The highest BCUT2D eigenvalue weighted by Gasteiger charge is 2.03. The average Bonchev–Trinajstić information content (AvgIpc) is 2.66. The van der Waals surface area contributed by atoms with Crippen LogP contribution in [0.5, 0.6) is 0 Å². The number of nitrogens with one attached hydrogen (secondary N) is 3. The lowest BCUT2D eigenvalue weighted by Gasteiger charge is -2.11. The maximum Gasteiger partial charge on any atom is 0.224 e. The van der Waals surface area contributed by atoms with Gasteiger partial charge in [-0.05, 0) is 44.0 Å². The number of benzene rings is 1. The molecule has 0 spiro atoms. The summed E-state index contributed by atoms with van der Waals surface area (Å²) in [6, 6.07) is 7.06. The van der Waals surface area contributed by atoms with Gasteiger partial charge in [-0.2, -0.15) is 0 Å². The second-order valence-electron chi connectivity index (χ2n) is 5.80. The van der Waals surface area contributed by atoms with Gasteiger partial charge in [0, 0.05) is 50.5 Å². The van der Waals surface area contributed by atoms with E-state index in [0.29, 0.717) is 44.2 Å². The molecular weight excluding hydrogens is 495 g/mol. The zero-order valence-corrected chi connectivity index (χ0v) is 19.7. The number of aliphatic imine (C=N–C) groups is 1. The highest BCUT2D eigenvalue weighted by atomic mass is 127. The highest BCUT2D eigenvalue weighted by molar-refractivity contribution is 14.0. The van der Waals surface area contributed by atoms with Crippen molar-refractivity contribution in [2.75, 3.05) is 51.9 Å². The van der Waals surface area contributed by atoms with Gasteiger partial charge in [0.25, 0.3) is 0 Å². The first-order chi connectivity index (χ1) is 13.2. The second kappa shape index (κ2) is 18.0. The van der Waals surface area contributed by atoms with E-state index in [4.69, 9.17) is 21.1 Å². The number of anilines is 1. The maximum absolute atomic E-state index is 11.9. The molecule has 0 atom stereocenters. The van der Waals surface area contributed by atoms with Crippen LogP contribution in [0.15, 0.2) is 29.3 Å². The van der Waals surface area contributed by atoms with Crippen LogP contribution in [0, 0.1) is 0 Å². The summed E-state index contributed by atoms with van der Waals surface area (Å²) >= 11 is 5.83. The lowest BCUT2D eigenvalue weighted by atomic mass is 10.2. The minimum atomic E-state index is -0.0290. The van der Waals surface area contributed by atoms with E-state index in [-0.39, 0.29) is 29.9 Å². The Kier molecular flexibility index (Phi) is 17.3. The number of halogens is 2. The number of rotatable bonds is 13. The lowest BCUT2D eigenvalue weighted by molar-refractivity contribution is -0.116. The molecule has 1 amide bonds. The van der Waals surface area contributed by atoms with E-state index in [2.05, 4.69) is 20.9 Å². The molecule has 0 unspecified atom stereocenters. The smallest absolute Gasteiger partial charge is 0.224 e. The fraction of sp³-hybridized carbons (Fsp3) is 0.579. The maximum atomic E-state index is 11.9. The van der Waals surface area contributed by atoms with Crippen molar-refractivity contribution in [1.29, 1.82) is 0 Å². The molecule has 1 aromatic carbocycles. The summed E-state index contributed by atoms with van der Waals surface area (Å²) in [4.78, 5) is 16.4. The first-order valence-electron chi connectivity index (χ1n) is 9.30. The zero-order valence-electron chi connectivity index (χ0n) is 16.6. The van der Waals surface area contributed by atoms with E-state index < -0.39 is 0 Å². The molecule has 0 saturated carbocycles. The Morgan fingerprint density at radius 2 is 1.86 bits per heavy atom. The Morgan fingerprint density at radius 3 is 2.54 bits per heavy atom. The number of ether oxygens (including phenoxy) is 2. The molecule has 0 saturated heterocycles. The molecule has 0 aromatic heterocycles. The van der Waals surface area contributed by atoms with Crippen LogP contribution < -0.4 is 16.0 Å². The second-order valence-corrected chi connectivity index (χ2v) is 6.24. The standard InChI is InChI=1S/C19H31ClN4O3.HI/c1-3-21-19(23-12-5-13-27-15-14-26-2)22-11-4-6-18(25)24-17-9-7-16(20)8-10-17;/h7-10H,3-6,11-15H2,1-2H3,(H,24,25)(H2,21,22,23);1H. The van der Waals surface area contributed by atoms with Gasteiger partial charge in [-0.1, -0.05) is 11.6 Å². The summed E-state index contributed by atoms with van der Waals surface area (Å²) in [7, 11) is 1.66. The van der Waals surface area contributed by atoms with Crippen molar-refractivity contribution in [2.45, 2.75) is 26.2 Å². The number of hydrogen-bond acceptors (Lipinski definition) is 4. The number of nitrogens with zero attached hydrogens (tertiary/aromatic N) is 1. The summed E-state index contributed by atoms with van der Waals surface area (Å²) < 4.78 is 10.3. The summed E-state index contributed by atoms with van der Waals surface area (Å²) in [5.74, 6) is 0.728. The number of amides is 1. The third kappa shape index (κ3) is 14.0. The SMILES string of the molecule is CCNC(=NCCCC(=O)Nc1ccc(Cl)cc1)NCCCOCCOC.I. The van der Waals surface area contributed by atoms with Crippen molar-refractivity contribution >= 4 is 53.1 Å². The van der Waals surface area contributed by atoms with E-state index in [1.165, 1.54) is 0 Å². The molecule has 3 N–H and O–H groups in total. The van der Waals surface area contributed by atoms with Crippen LogP contribution >= 0.6 is 35.6 Å². The van der Waals surface area contributed by atoms with Crippen molar-refractivity contribution in [3.8, 4) is 0 Å². The molecule has 160 valence electrons. The van der Waals surface area contributed by atoms with Gasteiger partial charge in [0.1, 0.15) is 0 Å². The molecule has 1 rings (SSSR count). The van der Waals surface area contributed by atoms with Crippen molar-refractivity contribution in [3.63, 3.8) is 0 Å². The number of guanidine groups is 1. The Bertz CT molecular complexity index is 559. The zero-order chi connectivity index (χ0) is 19.7. The van der Waals surface area contributed by atoms with E-state index in [1.807, 2.05) is 6.92 Å². The number of carbonyl (C=O) groups excluding carboxylic acids is 1. The minimum absolute atomic E-state index is 0. The van der Waals surface area contributed by atoms with Crippen molar-refractivity contribution in [1.82, 2.24) is 10.6 Å². The first kappa shape index (κ1) is 26.9. The Labute approximate surface area is 190 Å². The fourth-order valence-corrected chi connectivity index (χ4v) is 2.28. The van der Waals surface area contributed by atoms with Crippen LogP contribution in [0.1, 0.15) is 26.2 Å². The number of methoxy groups -OCH3 is 1. The van der Waals surface area contributed by atoms with Crippen LogP contribution in [0.2, 0.25) is 5.02 Å².